The molecule has 6 nitrogen and oxygen atoms in total. The molecule has 0 spiro atoms. The van der Waals surface area contributed by atoms with E-state index in [-0.39, 0.29) is 11.9 Å². The number of unbranched alkanes of at least 4 members (excludes halogenated alkanes) is 3. The summed E-state index contributed by atoms with van der Waals surface area (Å²) in [5.41, 5.74) is 3.12. The standard InChI is InChI=1S/C29H37N3O3S/c1-29(2,3)35-26(33)14-10-5-6-11-17-31-28(34)25-19-23-18-22(27(30)36-4)15-16-24(23)32(25)20-21-12-8-7-9-13-21/h7-9,12-13,15-16,18-19,30H,5-6,10-11,14,17,20H2,1-4H3,(H,31,34). The summed E-state index contributed by atoms with van der Waals surface area (Å²) in [6.45, 7) is 6.81. The first-order valence-electron chi connectivity index (χ1n) is 12.5. The quantitative estimate of drug-likeness (QED) is 0.136. The highest BCUT2D eigenvalue weighted by molar-refractivity contribution is 8.13. The van der Waals surface area contributed by atoms with E-state index in [0.717, 1.165) is 47.7 Å². The summed E-state index contributed by atoms with van der Waals surface area (Å²) in [6, 6.07) is 18.0. The number of nitrogens with zero attached hydrogens (tertiary/aromatic N) is 1. The van der Waals surface area contributed by atoms with Crippen molar-refractivity contribution in [3.05, 3.63) is 71.4 Å². The summed E-state index contributed by atoms with van der Waals surface area (Å²) in [5.74, 6) is -0.254. The molecule has 0 fully saturated rings. The molecule has 0 saturated carbocycles. The molecule has 36 heavy (non-hydrogen) atoms. The molecule has 0 bridgehead atoms. The fraction of sp³-hybridized carbons (Fsp3) is 0.414. The van der Waals surface area contributed by atoms with E-state index < -0.39 is 5.60 Å². The summed E-state index contributed by atoms with van der Waals surface area (Å²) < 4.78 is 7.39. The van der Waals surface area contributed by atoms with Gasteiger partial charge in [0.05, 0.1) is 5.04 Å². The van der Waals surface area contributed by atoms with Crippen molar-refractivity contribution in [1.29, 1.82) is 5.41 Å². The number of fused-ring (bicyclic) bond motifs is 1. The molecule has 0 atom stereocenters. The van der Waals surface area contributed by atoms with Gasteiger partial charge < -0.3 is 14.6 Å². The number of carbonyl (C=O) groups is 2. The molecule has 0 unspecified atom stereocenters. The minimum absolute atomic E-state index is 0.0996. The molecule has 3 aromatic rings. The fourth-order valence-corrected chi connectivity index (χ4v) is 4.45. The van der Waals surface area contributed by atoms with Gasteiger partial charge in [-0.2, -0.15) is 0 Å². The average molecular weight is 508 g/mol. The van der Waals surface area contributed by atoms with Crippen LogP contribution in [0.4, 0.5) is 0 Å². The number of carbonyl (C=O) groups excluding carboxylic acids is 2. The number of esters is 1. The summed E-state index contributed by atoms with van der Waals surface area (Å²) in [6.07, 6.45) is 5.84. The van der Waals surface area contributed by atoms with Crippen LogP contribution in [0.1, 0.15) is 74.5 Å². The Balaban J connectivity index is 1.61. The number of ether oxygens (including phenoxy) is 1. The Labute approximate surface area is 218 Å². The third-order valence-electron chi connectivity index (χ3n) is 5.80. The number of hydrogen-bond donors (Lipinski definition) is 2. The van der Waals surface area contributed by atoms with Crippen LogP contribution in [0.2, 0.25) is 0 Å². The molecular weight excluding hydrogens is 470 g/mol. The Kier molecular flexibility index (Phi) is 9.76. The van der Waals surface area contributed by atoms with E-state index in [2.05, 4.69) is 17.4 Å². The van der Waals surface area contributed by atoms with Crippen LogP contribution >= 0.6 is 11.8 Å². The van der Waals surface area contributed by atoms with E-state index in [1.807, 2.05) is 74.1 Å². The van der Waals surface area contributed by atoms with Gasteiger partial charge in [-0.25, -0.2) is 0 Å². The molecule has 0 saturated heterocycles. The minimum Gasteiger partial charge on any atom is -0.460 e. The second kappa shape index (κ2) is 12.8. The van der Waals surface area contributed by atoms with Gasteiger partial charge in [0.2, 0.25) is 0 Å². The van der Waals surface area contributed by atoms with Crippen LogP contribution < -0.4 is 5.32 Å². The number of benzene rings is 2. The lowest BCUT2D eigenvalue weighted by Crippen LogP contribution is -2.27. The molecule has 0 aliphatic carbocycles. The molecule has 0 radical (unpaired) electrons. The highest BCUT2D eigenvalue weighted by Crippen LogP contribution is 2.24. The van der Waals surface area contributed by atoms with Gasteiger partial charge in [0.1, 0.15) is 11.3 Å². The van der Waals surface area contributed by atoms with E-state index in [4.69, 9.17) is 10.1 Å². The number of thioether (sulfide) groups is 1. The third-order valence-corrected chi connectivity index (χ3v) is 6.44. The first kappa shape index (κ1) is 27.5. The summed E-state index contributed by atoms with van der Waals surface area (Å²) in [4.78, 5) is 25.0. The van der Waals surface area contributed by atoms with Crippen LogP contribution in [-0.4, -0.2) is 39.9 Å². The minimum atomic E-state index is -0.442. The number of amides is 1. The van der Waals surface area contributed by atoms with Gasteiger partial charge in [0, 0.05) is 36.0 Å². The van der Waals surface area contributed by atoms with Crippen molar-refractivity contribution in [3.63, 3.8) is 0 Å². The van der Waals surface area contributed by atoms with Crippen LogP contribution in [0.25, 0.3) is 10.9 Å². The molecule has 0 aliphatic heterocycles. The molecule has 1 heterocycles. The maximum absolute atomic E-state index is 13.2. The Morgan fingerprint density at radius 2 is 1.72 bits per heavy atom. The number of nitrogens with one attached hydrogen (secondary N) is 2. The molecule has 3 rings (SSSR count). The first-order chi connectivity index (χ1) is 17.2. The van der Waals surface area contributed by atoms with E-state index in [1.54, 1.807) is 0 Å². The van der Waals surface area contributed by atoms with Crippen molar-refractivity contribution in [3.8, 4) is 0 Å². The average Bonchev–Trinajstić information content (AvgIpc) is 3.20. The smallest absolute Gasteiger partial charge is 0.306 e. The van der Waals surface area contributed by atoms with Crippen LogP contribution in [0.5, 0.6) is 0 Å². The summed E-state index contributed by atoms with van der Waals surface area (Å²) in [5, 5.41) is 12.7. The zero-order valence-corrected chi connectivity index (χ0v) is 22.5. The van der Waals surface area contributed by atoms with Crippen LogP contribution in [0, 0.1) is 5.41 Å². The lowest BCUT2D eigenvalue weighted by Gasteiger charge is -2.19. The van der Waals surface area contributed by atoms with Crippen molar-refractivity contribution in [2.75, 3.05) is 12.8 Å². The molecular formula is C29H37N3O3S. The van der Waals surface area contributed by atoms with E-state index in [1.165, 1.54) is 11.8 Å². The number of rotatable bonds is 11. The predicted molar refractivity (Wildman–Crippen MR) is 149 cm³/mol. The zero-order valence-electron chi connectivity index (χ0n) is 21.7. The van der Waals surface area contributed by atoms with Gasteiger partial charge in [-0.1, -0.05) is 49.2 Å². The van der Waals surface area contributed by atoms with Gasteiger partial charge >= 0.3 is 5.97 Å². The lowest BCUT2D eigenvalue weighted by atomic mass is 10.1. The van der Waals surface area contributed by atoms with Gasteiger partial charge in [0.25, 0.3) is 5.91 Å². The predicted octanol–water partition coefficient (Wildman–Crippen LogP) is 6.40. The molecule has 1 amide bonds. The second-order valence-corrected chi connectivity index (χ2v) is 10.7. The van der Waals surface area contributed by atoms with Crippen molar-refractivity contribution in [2.24, 2.45) is 0 Å². The maximum Gasteiger partial charge on any atom is 0.306 e. The molecule has 2 aromatic carbocycles. The Bertz CT molecular complexity index is 1200. The van der Waals surface area contributed by atoms with E-state index in [9.17, 15) is 9.59 Å². The molecule has 1 aromatic heterocycles. The fourth-order valence-electron chi connectivity index (χ4n) is 4.09. The topological polar surface area (TPSA) is 84.2 Å². The third kappa shape index (κ3) is 7.98. The number of hydrogen-bond acceptors (Lipinski definition) is 5. The summed E-state index contributed by atoms with van der Waals surface area (Å²) >= 11 is 1.40. The highest BCUT2D eigenvalue weighted by Gasteiger charge is 2.17. The Morgan fingerprint density at radius 1 is 1.00 bits per heavy atom. The van der Waals surface area contributed by atoms with Gasteiger partial charge in [-0.3, -0.25) is 15.0 Å². The van der Waals surface area contributed by atoms with E-state index >= 15 is 0 Å². The normalized spacial score (nSPS) is 11.4. The largest absolute Gasteiger partial charge is 0.460 e. The van der Waals surface area contributed by atoms with Crippen molar-refractivity contribution in [1.82, 2.24) is 9.88 Å². The molecule has 0 aliphatic rings. The second-order valence-electron chi connectivity index (χ2n) is 9.91. The Morgan fingerprint density at radius 3 is 2.42 bits per heavy atom. The van der Waals surface area contributed by atoms with Crippen molar-refractivity contribution < 1.29 is 14.3 Å². The number of aromatic nitrogens is 1. The van der Waals surface area contributed by atoms with Crippen molar-refractivity contribution in [2.45, 2.75) is 65.0 Å². The summed E-state index contributed by atoms with van der Waals surface area (Å²) in [7, 11) is 0. The molecule has 2 N–H and O–H groups in total. The Hall–Kier alpha value is -3.06. The molecule has 192 valence electrons. The van der Waals surface area contributed by atoms with Crippen LogP contribution in [0.15, 0.2) is 54.6 Å². The van der Waals surface area contributed by atoms with Gasteiger partial charge in [0.15, 0.2) is 0 Å². The lowest BCUT2D eigenvalue weighted by molar-refractivity contribution is -0.154. The zero-order chi connectivity index (χ0) is 26.1. The SMILES string of the molecule is CSC(=N)c1ccc2c(c1)cc(C(=O)NCCCCCCC(=O)OC(C)(C)C)n2Cc1ccccc1. The first-order valence-corrected chi connectivity index (χ1v) is 13.7. The maximum atomic E-state index is 13.2. The van der Waals surface area contributed by atoms with Gasteiger partial charge in [-0.05, 0) is 63.6 Å². The van der Waals surface area contributed by atoms with E-state index in [0.29, 0.717) is 30.2 Å². The van der Waals surface area contributed by atoms with Gasteiger partial charge in [-0.15, -0.1) is 11.8 Å². The molecule has 7 heteroatoms. The highest BCUT2D eigenvalue weighted by atomic mass is 32.2. The monoisotopic (exact) mass is 507 g/mol. The van der Waals surface area contributed by atoms with Crippen LogP contribution in [-0.2, 0) is 16.1 Å². The van der Waals surface area contributed by atoms with Crippen molar-refractivity contribution >= 4 is 39.6 Å². The van der Waals surface area contributed by atoms with Crippen LogP contribution in [0.3, 0.4) is 0 Å².